The van der Waals surface area contributed by atoms with Gasteiger partial charge in [-0.3, -0.25) is 9.59 Å². The van der Waals surface area contributed by atoms with Gasteiger partial charge in [-0.2, -0.15) is 0 Å². The normalized spacial score (nSPS) is 12.4. The molecule has 0 aliphatic heterocycles. The van der Waals surface area contributed by atoms with E-state index in [1.807, 2.05) is 0 Å². The minimum absolute atomic E-state index is 0.254. The van der Waals surface area contributed by atoms with Crippen molar-refractivity contribution >= 4 is 11.6 Å². The summed E-state index contributed by atoms with van der Waals surface area (Å²) in [6.07, 6.45) is 61.9. The summed E-state index contributed by atoms with van der Waals surface area (Å²) in [5.74, 6) is 0.180. The Hall–Kier alpha value is -1.18. The third-order valence-electron chi connectivity index (χ3n) is 11.7. The number of allylic oxidation sites excluding steroid dienone is 4. The molecular formula is C52H98O2. The van der Waals surface area contributed by atoms with Crippen LogP contribution in [0.25, 0.3) is 0 Å². The van der Waals surface area contributed by atoms with Gasteiger partial charge in [-0.1, -0.05) is 231 Å². The maximum atomic E-state index is 13.4. The van der Waals surface area contributed by atoms with Crippen LogP contribution in [-0.4, -0.2) is 11.6 Å². The number of unbranched alkanes of at least 4 members (excludes halogenated alkanes) is 34. The molecule has 2 heteroatoms. The Morgan fingerprint density at radius 1 is 0.296 bits per heavy atom. The highest BCUT2D eigenvalue weighted by Crippen LogP contribution is 2.21. The fraction of sp³-hybridized carbons (Fsp3) is 0.885. The Kier molecular flexibility index (Phi) is 45.2. The van der Waals surface area contributed by atoms with E-state index in [0.29, 0.717) is 12.8 Å². The largest absolute Gasteiger partial charge is 0.299 e. The van der Waals surface area contributed by atoms with Crippen LogP contribution < -0.4 is 0 Å². The molecule has 0 aliphatic carbocycles. The lowest BCUT2D eigenvalue weighted by Crippen LogP contribution is -2.24. The second kappa shape index (κ2) is 46.2. The van der Waals surface area contributed by atoms with Crippen LogP contribution in [-0.2, 0) is 9.59 Å². The van der Waals surface area contributed by atoms with Crippen molar-refractivity contribution in [3.05, 3.63) is 24.3 Å². The van der Waals surface area contributed by atoms with Gasteiger partial charge in [0.15, 0.2) is 0 Å². The number of hydrogen-bond acceptors (Lipinski definition) is 2. The van der Waals surface area contributed by atoms with Gasteiger partial charge in [-0.05, 0) is 70.6 Å². The average Bonchev–Trinajstić information content (AvgIpc) is 3.17. The van der Waals surface area contributed by atoms with Crippen molar-refractivity contribution in [2.75, 3.05) is 0 Å². The Balaban J connectivity index is 4.28. The first-order valence-electron chi connectivity index (χ1n) is 25.0. The summed E-state index contributed by atoms with van der Waals surface area (Å²) in [6, 6.07) is 0. The fourth-order valence-electron chi connectivity index (χ4n) is 7.96. The highest BCUT2D eigenvalue weighted by atomic mass is 16.1. The molecule has 0 aromatic rings. The Morgan fingerprint density at radius 2 is 0.519 bits per heavy atom. The van der Waals surface area contributed by atoms with E-state index in [1.165, 1.54) is 218 Å². The van der Waals surface area contributed by atoms with Gasteiger partial charge in [0.1, 0.15) is 11.6 Å². The third-order valence-corrected chi connectivity index (χ3v) is 11.7. The van der Waals surface area contributed by atoms with Crippen LogP contribution in [0.2, 0.25) is 0 Å². The summed E-state index contributed by atoms with van der Waals surface area (Å²) < 4.78 is 0. The van der Waals surface area contributed by atoms with Crippen molar-refractivity contribution in [1.82, 2.24) is 0 Å². The van der Waals surface area contributed by atoms with Crippen LogP contribution in [0.1, 0.15) is 290 Å². The average molecular weight is 755 g/mol. The zero-order valence-electron chi connectivity index (χ0n) is 37.4. The number of ketones is 2. The van der Waals surface area contributed by atoms with Crippen molar-refractivity contribution in [3.8, 4) is 0 Å². The molecule has 0 amide bonds. The Labute approximate surface area is 340 Å². The summed E-state index contributed by atoms with van der Waals surface area (Å²) in [7, 11) is 0. The lowest BCUT2D eigenvalue weighted by atomic mass is 9.87. The number of carbonyl (C=O) groups is 2. The van der Waals surface area contributed by atoms with E-state index < -0.39 is 0 Å². The molecule has 54 heavy (non-hydrogen) atoms. The summed E-state index contributed by atoms with van der Waals surface area (Å²) in [5, 5.41) is 0. The van der Waals surface area contributed by atoms with Crippen LogP contribution in [0.3, 0.4) is 0 Å². The van der Waals surface area contributed by atoms with Crippen molar-refractivity contribution in [3.63, 3.8) is 0 Å². The van der Waals surface area contributed by atoms with Gasteiger partial charge in [0.2, 0.25) is 0 Å². The molecule has 0 fully saturated rings. The molecular weight excluding hydrogens is 657 g/mol. The van der Waals surface area contributed by atoms with Crippen LogP contribution in [0.5, 0.6) is 0 Å². The van der Waals surface area contributed by atoms with E-state index in [2.05, 4.69) is 45.1 Å². The van der Waals surface area contributed by atoms with Gasteiger partial charge in [-0.25, -0.2) is 0 Å². The van der Waals surface area contributed by atoms with E-state index in [-0.39, 0.29) is 17.5 Å². The highest BCUT2D eigenvalue weighted by molar-refractivity contribution is 6.02. The molecule has 318 valence electrons. The first-order valence-corrected chi connectivity index (χ1v) is 25.0. The summed E-state index contributed by atoms with van der Waals surface area (Å²) in [4.78, 5) is 26.8. The number of Topliss-reactive ketones (excluding diaryl/α,β-unsaturated/α-hetero) is 2. The first-order chi connectivity index (χ1) is 26.7. The summed E-state index contributed by atoms with van der Waals surface area (Å²) in [5.41, 5.74) is 0. The minimum atomic E-state index is -0.328. The molecule has 0 heterocycles. The van der Waals surface area contributed by atoms with Gasteiger partial charge in [0.25, 0.3) is 0 Å². The first kappa shape index (κ1) is 52.8. The molecule has 0 aromatic heterocycles. The molecule has 0 spiro atoms. The van der Waals surface area contributed by atoms with Crippen LogP contribution >= 0.6 is 0 Å². The monoisotopic (exact) mass is 755 g/mol. The van der Waals surface area contributed by atoms with Crippen molar-refractivity contribution in [2.24, 2.45) is 5.92 Å². The molecule has 0 radical (unpaired) electrons. The molecule has 0 aliphatic rings. The fourth-order valence-corrected chi connectivity index (χ4v) is 7.96. The topological polar surface area (TPSA) is 34.1 Å². The predicted molar refractivity (Wildman–Crippen MR) is 243 cm³/mol. The lowest BCUT2D eigenvalue weighted by molar-refractivity contribution is -0.133. The zero-order chi connectivity index (χ0) is 39.3. The van der Waals surface area contributed by atoms with Gasteiger partial charge in [0, 0.05) is 12.8 Å². The standard InChI is InChI=1S/C52H98O2/c1-4-7-10-13-16-19-22-25-27-30-33-36-39-42-45-48-51(53)50(47-44-41-38-35-32-29-24-21-18-15-12-9-6-3)52(54)49-46-43-40-37-34-31-28-26-23-20-17-14-11-8-5-2/h25-28,50H,4-24,29-49H2,1-3H3. The van der Waals surface area contributed by atoms with Crippen LogP contribution in [0.4, 0.5) is 0 Å². The Morgan fingerprint density at radius 3 is 0.796 bits per heavy atom. The Bertz CT molecular complexity index is 757. The molecule has 0 N–H and O–H groups in total. The molecule has 0 bridgehead atoms. The maximum absolute atomic E-state index is 13.4. The molecule has 0 rings (SSSR count). The zero-order valence-corrected chi connectivity index (χ0v) is 37.4. The quantitative estimate of drug-likeness (QED) is 0.0352. The van der Waals surface area contributed by atoms with Gasteiger partial charge < -0.3 is 0 Å². The van der Waals surface area contributed by atoms with E-state index in [9.17, 15) is 9.59 Å². The van der Waals surface area contributed by atoms with Crippen molar-refractivity contribution in [2.45, 2.75) is 290 Å². The third kappa shape index (κ3) is 40.5. The van der Waals surface area contributed by atoms with Crippen LogP contribution in [0.15, 0.2) is 24.3 Å². The van der Waals surface area contributed by atoms with E-state index in [4.69, 9.17) is 0 Å². The van der Waals surface area contributed by atoms with Gasteiger partial charge >= 0.3 is 0 Å². The minimum Gasteiger partial charge on any atom is -0.299 e. The van der Waals surface area contributed by atoms with E-state index >= 15 is 0 Å². The molecule has 2 nitrogen and oxygen atoms in total. The maximum Gasteiger partial charge on any atom is 0.143 e. The number of hydrogen-bond donors (Lipinski definition) is 0. The number of rotatable bonds is 46. The molecule has 0 aromatic carbocycles. The van der Waals surface area contributed by atoms with Gasteiger partial charge in [0.05, 0.1) is 5.92 Å². The highest BCUT2D eigenvalue weighted by Gasteiger charge is 2.24. The van der Waals surface area contributed by atoms with Crippen molar-refractivity contribution < 1.29 is 9.59 Å². The van der Waals surface area contributed by atoms with Gasteiger partial charge in [-0.15, -0.1) is 0 Å². The van der Waals surface area contributed by atoms with E-state index in [0.717, 1.165) is 38.5 Å². The predicted octanol–water partition coefficient (Wildman–Crippen LogP) is 18.3. The second-order valence-electron chi connectivity index (χ2n) is 17.2. The second-order valence-corrected chi connectivity index (χ2v) is 17.2. The van der Waals surface area contributed by atoms with Crippen LogP contribution in [0, 0.1) is 5.92 Å². The summed E-state index contributed by atoms with van der Waals surface area (Å²) in [6.45, 7) is 6.85. The molecule has 0 saturated carbocycles. The lowest BCUT2D eigenvalue weighted by Gasteiger charge is -2.15. The molecule has 0 atom stereocenters. The molecule has 0 saturated heterocycles. The molecule has 0 unspecified atom stereocenters. The SMILES string of the molecule is CCCCCCCCC=CCCCCCCCC(=O)C(CCCCCCCCCCCCCCC)C(=O)CCCCCCCC=CCCCCCCCC. The smallest absolute Gasteiger partial charge is 0.143 e. The van der Waals surface area contributed by atoms with E-state index in [1.54, 1.807) is 0 Å². The number of carbonyl (C=O) groups excluding carboxylic acids is 2. The summed E-state index contributed by atoms with van der Waals surface area (Å²) >= 11 is 0. The van der Waals surface area contributed by atoms with Crippen molar-refractivity contribution in [1.29, 1.82) is 0 Å².